The number of nitrogens with one attached hydrogen (secondary N) is 2. The molecule has 25 heavy (non-hydrogen) atoms. The highest BCUT2D eigenvalue weighted by Crippen LogP contribution is 2.11. The number of hydrogen-bond acceptors (Lipinski definition) is 4. The zero-order valence-electron chi connectivity index (χ0n) is 15.8. The fraction of sp³-hybridized carbons (Fsp3) is 0.611. The predicted octanol–water partition coefficient (Wildman–Crippen LogP) is 1.39. The summed E-state index contributed by atoms with van der Waals surface area (Å²) in [6.45, 7) is 16.1. The molecule has 0 aliphatic carbocycles. The summed E-state index contributed by atoms with van der Waals surface area (Å²) in [6, 6.07) is 0.429. The molecule has 0 spiro atoms. The van der Waals surface area contributed by atoms with Gasteiger partial charge in [0.05, 0.1) is 0 Å². The predicted molar refractivity (Wildman–Crippen MR) is 102 cm³/mol. The van der Waals surface area contributed by atoms with Crippen LogP contribution in [0.25, 0.3) is 0 Å². The molecule has 0 amide bonds. The number of likely N-dealkylation sites (tertiary alicyclic amines) is 1. The standard InChI is InChI=1S/C18H31N7/c1-6-9-19-18(20-12-17-23-22-15(4)24(17)5)21-16-7-10-25(11-8-16)13-14(2)3/h6,16H,1-2,7-13H2,3-5H3,(H2,19,20,21). The fourth-order valence-electron chi connectivity index (χ4n) is 2.87. The fourth-order valence-corrected chi connectivity index (χ4v) is 2.87. The van der Waals surface area contributed by atoms with Crippen molar-refractivity contribution in [1.82, 2.24) is 30.3 Å². The summed E-state index contributed by atoms with van der Waals surface area (Å²) in [6.07, 6.45) is 4.04. The Morgan fingerprint density at radius 3 is 2.64 bits per heavy atom. The number of rotatable bonds is 7. The zero-order valence-corrected chi connectivity index (χ0v) is 15.8. The SMILES string of the molecule is C=CCNC(=NCc1nnc(C)n1C)NC1CCN(CC(=C)C)CC1. The van der Waals surface area contributed by atoms with E-state index in [2.05, 4.69) is 50.8 Å². The van der Waals surface area contributed by atoms with Crippen LogP contribution in [0.2, 0.25) is 0 Å². The lowest BCUT2D eigenvalue weighted by molar-refractivity contribution is 0.221. The van der Waals surface area contributed by atoms with E-state index in [0.717, 1.165) is 50.1 Å². The molecule has 0 atom stereocenters. The van der Waals surface area contributed by atoms with E-state index in [1.165, 1.54) is 5.57 Å². The van der Waals surface area contributed by atoms with E-state index in [1.807, 2.05) is 24.6 Å². The van der Waals surface area contributed by atoms with Gasteiger partial charge in [0.1, 0.15) is 12.4 Å². The summed E-state index contributed by atoms with van der Waals surface area (Å²) in [7, 11) is 1.96. The third kappa shape index (κ3) is 6.01. The maximum atomic E-state index is 4.66. The third-order valence-electron chi connectivity index (χ3n) is 4.40. The Morgan fingerprint density at radius 1 is 1.36 bits per heavy atom. The van der Waals surface area contributed by atoms with E-state index >= 15 is 0 Å². The van der Waals surface area contributed by atoms with Crippen molar-refractivity contribution in [2.75, 3.05) is 26.2 Å². The molecular weight excluding hydrogens is 314 g/mol. The number of aromatic nitrogens is 3. The van der Waals surface area contributed by atoms with Gasteiger partial charge in [-0.3, -0.25) is 4.90 Å². The first-order valence-electron chi connectivity index (χ1n) is 8.87. The summed E-state index contributed by atoms with van der Waals surface area (Å²) in [5.41, 5.74) is 1.22. The average Bonchev–Trinajstić information content (AvgIpc) is 2.90. The van der Waals surface area contributed by atoms with Gasteiger partial charge < -0.3 is 15.2 Å². The lowest BCUT2D eigenvalue weighted by Gasteiger charge is -2.33. The lowest BCUT2D eigenvalue weighted by Crippen LogP contribution is -2.49. The number of aliphatic imine (C=N–C) groups is 1. The molecular formula is C18H31N7. The number of aryl methyl sites for hydroxylation is 1. The zero-order chi connectivity index (χ0) is 18.2. The molecule has 0 aromatic carbocycles. The van der Waals surface area contributed by atoms with Crippen LogP contribution in [0.1, 0.15) is 31.4 Å². The smallest absolute Gasteiger partial charge is 0.192 e. The first-order chi connectivity index (χ1) is 12.0. The van der Waals surface area contributed by atoms with E-state index in [-0.39, 0.29) is 0 Å². The molecule has 2 heterocycles. The van der Waals surface area contributed by atoms with Crippen LogP contribution in [0.4, 0.5) is 0 Å². The Kier molecular flexibility index (Phi) is 7.18. The van der Waals surface area contributed by atoms with E-state index in [4.69, 9.17) is 0 Å². The van der Waals surface area contributed by atoms with Crippen molar-refractivity contribution in [2.45, 2.75) is 39.3 Å². The molecule has 7 nitrogen and oxygen atoms in total. The number of piperidine rings is 1. The van der Waals surface area contributed by atoms with E-state index in [1.54, 1.807) is 0 Å². The molecule has 0 radical (unpaired) electrons. The van der Waals surface area contributed by atoms with Gasteiger partial charge in [-0.15, -0.1) is 16.8 Å². The summed E-state index contributed by atoms with van der Waals surface area (Å²) in [5.74, 6) is 2.55. The van der Waals surface area contributed by atoms with Gasteiger partial charge >= 0.3 is 0 Å². The van der Waals surface area contributed by atoms with Crippen LogP contribution in [0.15, 0.2) is 29.8 Å². The highest BCUT2D eigenvalue weighted by atomic mass is 15.3. The molecule has 0 unspecified atom stereocenters. The molecule has 1 aromatic rings. The van der Waals surface area contributed by atoms with Gasteiger partial charge in [0.2, 0.25) is 0 Å². The van der Waals surface area contributed by atoms with Gasteiger partial charge in [-0.25, -0.2) is 4.99 Å². The van der Waals surface area contributed by atoms with Gasteiger partial charge in [0.25, 0.3) is 0 Å². The first-order valence-corrected chi connectivity index (χ1v) is 8.87. The highest BCUT2D eigenvalue weighted by Gasteiger charge is 2.19. The second kappa shape index (κ2) is 9.36. The van der Waals surface area contributed by atoms with Crippen LogP contribution < -0.4 is 10.6 Å². The molecule has 1 aliphatic rings. The highest BCUT2D eigenvalue weighted by molar-refractivity contribution is 5.80. The quantitative estimate of drug-likeness (QED) is 0.444. The normalized spacial score (nSPS) is 16.7. The second-order valence-electron chi connectivity index (χ2n) is 6.71. The molecule has 1 aromatic heterocycles. The van der Waals surface area contributed by atoms with Crippen LogP contribution in [-0.2, 0) is 13.6 Å². The molecule has 138 valence electrons. The van der Waals surface area contributed by atoms with Crippen LogP contribution in [0.5, 0.6) is 0 Å². The van der Waals surface area contributed by atoms with E-state index < -0.39 is 0 Å². The summed E-state index contributed by atoms with van der Waals surface area (Å²) in [4.78, 5) is 7.12. The molecule has 0 bridgehead atoms. The lowest BCUT2D eigenvalue weighted by atomic mass is 10.0. The van der Waals surface area contributed by atoms with Crippen molar-refractivity contribution in [3.63, 3.8) is 0 Å². The van der Waals surface area contributed by atoms with Gasteiger partial charge in [-0.2, -0.15) is 0 Å². The Morgan fingerprint density at radius 2 is 2.08 bits per heavy atom. The summed E-state index contributed by atoms with van der Waals surface area (Å²) in [5, 5.41) is 15.1. The Hall–Kier alpha value is -2.15. The van der Waals surface area contributed by atoms with Crippen LogP contribution in [0, 0.1) is 6.92 Å². The molecule has 0 saturated carbocycles. The van der Waals surface area contributed by atoms with Gasteiger partial charge in [0.15, 0.2) is 11.8 Å². The van der Waals surface area contributed by atoms with Crippen LogP contribution in [-0.4, -0.2) is 57.8 Å². The molecule has 1 aliphatic heterocycles. The molecule has 1 fully saturated rings. The maximum absolute atomic E-state index is 4.66. The van der Waals surface area contributed by atoms with Crippen molar-refractivity contribution in [3.8, 4) is 0 Å². The average molecular weight is 345 g/mol. The largest absolute Gasteiger partial charge is 0.354 e. The Bertz CT molecular complexity index is 609. The minimum absolute atomic E-state index is 0.429. The van der Waals surface area contributed by atoms with E-state index in [9.17, 15) is 0 Å². The molecule has 2 N–H and O–H groups in total. The van der Waals surface area contributed by atoms with Crippen LogP contribution in [0.3, 0.4) is 0 Å². The number of guanidine groups is 1. The molecule has 2 rings (SSSR count). The van der Waals surface area contributed by atoms with E-state index in [0.29, 0.717) is 19.1 Å². The van der Waals surface area contributed by atoms with Gasteiger partial charge in [-0.1, -0.05) is 18.2 Å². The monoisotopic (exact) mass is 345 g/mol. The van der Waals surface area contributed by atoms with Gasteiger partial charge in [-0.05, 0) is 26.7 Å². The van der Waals surface area contributed by atoms with Crippen molar-refractivity contribution < 1.29 is 0 Å². The van der Waals surface area contributed by atoms with Crippen molar-refractivity contribution in [1.29, 1.82) is 0 Å². The maximum Gasteiger partial charge on any atom is 0.192 e. The summed E-state index contributed by atoms with van der Waals surface area (Å²) < 4.78 is 1.96. The van der Waals surface area contributed by atoms with Crippen molar-refractivity contribution >= 4 is 5.96 Å². The van der Waals surface area contributed by atoms with Crippen LogP contribution >= 0.6 is 0 Å². The van der Waals surface area contributed by atoms with Crippen molar-refractivity contribution in [2.24, 2.45) is 12.0 Å². The third-order valence-corrected chi connectivity index (χ3v) is 4.40. The molecule has 7 heteroatoms. The second-order valence-corrected chi connectivity index (χ2v) is 6.71. The number of hydrogen-bond donors (Lipinski definition) is 2. The Labute approximate surface area is 150 Å². The first kappa shape index (κ1) is 19.2. The molecule has 1 saturated heterocycles. The topological polar surface area (TPSA) is 70.4 Å². The summed E-state index contributed by atoms with van der Waals surface area (Å²) >= 11 is 0. The number of nitrogens with zero attached hydrogens (tertiary/aromatic N) is 5. The van der Waals surface area contributed by atoms with Crippen molar-refractivity contribution in [3.05, 3.63) is 36.5 Å². The van der Waals surface area contributed by atoms with Gasteiger partial charge in [0, 0.05) is 39.3 Å². The Balaban J connectivity index is 1.91. The minimum atomic E-state index is 0.429. The minimum Gasteiger partial charge on any atom is -0.354 e.